The van der Waals surface area contributed by atoms with Crippen LogP contribution in [0.25, 0.3) is 16.9 Å². The van der Waals surface area contributed by atoms with E-state index < -0.39 is 0 Å². The van der Waals surface area contributed by atoms with Gasteiger partial charge in [-0.15, -0.1) is 0 Å². The zero-order valence-electron chi connectivity index (χ0n) is 37.8. The first-order valence-corrected chi connectivity index (χ1v) is 23.9. The molecular weight excluding hydrogens is 767 g/mol. The summed E-state index contributed by atoms with van der Waals surface area (Å²) in [6.07, 6.45) is 18.3. The normalized spacial score (nSPS) is 12.8. The van der Waals surface area contributed by atoms with E-state index >= 15 is 0 Å². The average Bonchev–Trinajstić information content (AvgIpc) is 3.56. The van der Waals surface area contributed by atoms with Crippen LogP contribution in [0.15, 0.2) is 96.1 Å². The van der Waals surface area contributed by atoms with Gasteiger partial charge in [0.1, 0.15) is 0 Å². The van der Waals surface area contributed by atoms with Crippen molar-refractivity contribution in [2.75, 3.05) is 0 Å². The topological polar surface area (TPSA) is 43.8 Å². The number of unbranched alkanes of at least 4 members (excludes halogenated alkanes) is 6. The van der Waals surface area contributed by atoms with E-state index in [2.05, 4.69) is 79.7 Å². The quantitative estimate of drug-likeness (QED) is 0.0401. The van der Waals surface area contributed by atoms with E-state index in [9.17, 15) is 5.53 Å². The molecule has 5 heteroatoms. The molecule has 0 aromatic heterocycles. The molecule has 1 aliphatic heterocycles. The molecule has 4 nitrogen and oxygen atoms in total. The van der Waals surface area contributed by atoms with Gasteiger partial charge in [-0.2, -0.15) is 0 Å². The fourth-order valence-corrected chi connectivity index (χ4v) is 9.10. The predicted molar refractivity (Wildman–Crippen MR) is 247 cm³/mol. The van der Waals surface area contributed by atoms with Crippen molar-refractivity contribution in [2.24, 2.45) is 0 Å². The maximum absolute atomic E-state index is 12.3. The van der Waals surface area contributed by atoms with E-state index in [1.807, 2.05) is 60.7 Å². The summed E-state index contributed by atoms with van der Waals surface area (Å²) in [6.45, 7) is 19.4. The Kier molecular flexibility index (Phi) is 21.6. The zero-order valence-corrected chi connectivity index (χ0v) is 38.8. The van der Waals surface area contributed by atoms with E-state index in [-0.39, 0.29) is 0 Å². The molecule has 4 aromatic rings. The summed E-state index contributed by atoms with van der Waals surface area (Å²) >= 11 is 0.863. The van der Waals surface area contributed by atoms with Crippen molar-refractivity contribution in [3.8, 4) is 0 Å². The molecule has 0 unspecified atom stereocenters. The van der Waals surface area contributed by atoms with E-state index in [0.717, 1.165) is 102 Å². The molecule has 0 aliphatic carbocycles. The Hall–Kier alpha value is -3.63. The van der Waals surface area contributed by atoms with Gasteiger partial charge in [-0.05, 0) is 122 Å². The average molecular weight is 842 g/mol. The molecule has 0 atom stereocenters. The standard InChI is InChI=1S/C40H60N2.2C7H7O.Ni/c1-9-17-19-20-21-22-24-38-37(23-18-10-2)39(33-25-29(11-3)35(15-7)30(12-4)26-33)42(41)40(38)34-27-31(13-5)36(16-8)32(14-6)28-34;2*8-6-7-4-2-1-3-5-7;/h25-28H,9-24H2,1-8H3;2*1-5H,6H2;/q;2*-1;+2. The second kappa shape index (κ2) is 26.6. The van der Waals surface area contributed by atoms with Crippen molar-refractivity contribution in [3.05, 3.63) is 157 Å². The van der Waals surface area contributed by atoms with Crippen LogP contribution in [0.3, 0.4) is 0 Å². The van der Waals surface area contributed by atoms with Gasteiger partial charge in [-0.25, -0.2) is 4.70 Å². The van der Waals surface area contributed by atoms with Crippen LogP contribution in [-0.4, -0.2) is 4.70 Å². The first-order valence-electron chi connectivity index (χ1n) is 23.1. The van der Waals surface area contributed by atoms with Gasteiger partial charge in [-0.1, -0.05) is 93.9 Å². The molecule has 1 heterocycles. The Morgan fingerprint density at radius 1 is 0.458 bits per heavy atom. The molecule has 0 bridgehead atoms. The second-order valence-corrected chi connectivity index (χ2v) is 16.5. The third-order valence-electron chi connectivity index (χ3n) is 11.8. The SMILES string of the molecule is CCCCCCCCC1=C(c2cc(CC)c(CC)c(CC)c2)[N+](=[N-])C(c2cc(CC)c(CC)c(CC)c2)=C1CCCC.c1ccc(C[O][Ni][O]Cc2ccccc2)cc1. The van der Waals surface area contributed by atoms with Gasteiger partial charge in [0.15, 0.2) is 0 Å². The molecule has 4 aromatic carbocycles. The van der Waals surface area contributed by atoms with Crippen molar-refractivity contribution in [1.29, 1.82) is 0 Å². The summed E-state index contributed by atoms with van der Waals surface area (Å²) in [7, 11) is 0. The van der Waals surface area contributed by atoms with Gasteiger partial charge < -0.3 is 5.53 Å². The van der Waals surface area contributed by atoms with E-state index in [1.165, 1.54) is 94.2 Å². The number of nitrogens with zero attached hydrogens (tertiary/aromatic N) is 2. The summed E-state index contributed by atoms with van der Waals surface area (Å²) in [5, 5.41) is 0. The van der Waals surface area contributed by atoms with Crippen LogP contribution in [0.1, 0.15) is 175 Å². The monoisotopic (exact) mass is 841 g/mol. The van der Waals surface area contributed by atoms with Crippen LogP contribution in [0.5, 0.6) is 0 Å². The molecule has 322 valence electrons. The first-order chi connectivity index (χ1) is 28.9. The Labute approximate surface area is 365 Å². The minimum absolute atomic E-state index is 0.565. The van der Waals surface area contributed by atoms with Gasteiger partial charge in [-0.3, -0.25) is 0 Å². The summed E-state index contributed by atoms with van der Waals surface area (Å²) in [5.41, 5.74) is 30.6. The molecule has 5 rings (SSSR count). The molecule has 0 spiro atoms. The van der Waals surface area contributed by atoms with Crippen molar-refractivity contribution in [2.45, 2.75) is 171 Å². The van der Waals surface area contributed by atoms with Gasteiger partial charge in [0.05, 0.1) is 0 Å². The molecule has 0 amide bonds. The van der Waals surface area contributed by atoms with Crippen molar-refractivity contribution in [1.82, 2.24) is 0 Å². The van der Waals surface area contributed by atoms with Gasteiger partial charge >= 0.3 is 108 Å². The zero-order chi connectivity index (χ0) is 42.4. The van der Waals surface area contributed by atoms with E-state index in [0.29, 0.717) is 13.2 Å². The molecule has 0 radical (unpaired) electrons. The number of aryl methyl sites for hydroxylation is 4. The summed E-state index contributed by atoms with van der Waals surface area (Å²) in [5.74, 6) is 0. The Bertz CT molecular complexity index is 1850. The van der Waals surface area contributed by atoms with E-state index in [4.69, 9.17) is 7.76 Å². The third-order valence-corrected chi connectivity index (χ3v) is 12.3. The molecule has 0 N–H and O–H groups in total. The molecule has 0 fully saturated rings. The van der Waals surface area contributed by atoms with Crippen LogP contribution in [0.4, 0.5) is 0 Å². The van der Waals surface area contributed by atoms with Gasteiger partial charge in [0.2, 0.25) is 11.4 Å². The fraction of sp³-hybridized carbons (Fsp3) is 0.481. The van der Waals surface area contributed by atoms with Crippen molar-refractivity contribution in [3.63, 3.8) is 0 Å². The summed E-state index contributed by atoms with van der Waals surface area (Å²) in [4.78, 5) is 0. The number of hydrogen-bond acceptors (Lipinski definition) is 2. The van der Waals surface area contributed by atoms with Crippen LogP contribution >= 0.6 is 0 Å². The van der Waals surface area contributed by atoms with Gasteiger partial charge in [0.25, 0.3) is 0 Å². The fourth-order valence-electron chi connectivity index (χ4n) is 8.58. The van der Waals surface area contributed by atoms with Crippen LogP contribution in [-0.2, 0) is 74.6 Å². The van der Waals surface area contributed by atoms with Crippen molar-refractivity contribution < 1.29 is 27.5 Å². The summed E-state index contributed by atoms with van der Waals surface area (Å²) < 4.78 is 12.3. The van der Waals surface area contributed by atoms with Crippen LogP contribution in [0.2, 0.25) is 0 Å². The minimum atomic E-state index is 0.565. The number of rotatable bonds is 24. The van der Waals surface area contributed by atoms with Gasteiger partial charge in [0, 0.05) is 22.3 Å². The Balaban J connectivity index is 0.000000374. The number of allylic oxidation sites excluding steroid dienone is 2. The van der Waals surface area contributed by atoms with Crippen molar-refractivity contribution >= 4 is 11.4 Å². The maximum atomic E-state index is 12.3. The van der Waals surface area contributed by atoms with Crippen LogP contribution < -0.4 is 0 Å². The Morgan fingerprint density at radius 3 is 1.20 bits per heavy atom. The molecule has 0 saturated carbocycles. The summed E-state index contributed by atoms with van der Waals surface area (Å²) in [6, 6.07) is 29.7. The number of benzene rings is 4. The van der Waals surface area contributed by atoms with Crippen LogP contribution in [0, 0.1) is 0 Å². The van der Waals surface area contributed by atoms with E-state index in [1.54, 1.807) is 4.70 Å². The molecule has 0 saturated heterocycles. The predicted octanol–water partition coefficient (Wildman–Crippen LogP) is 15.5. The molecule has 1 aliphatic rings. The Morgan fingerprint density at radius 2 is 0.831 bits per heavy atom. The molecule has 59 heavy (non-hydrogen) atoms. The second-order valence-electron chi connectivity index (χ2n) is 15.8. The number of hydrogen-bond donors (Lipinski definition) is 0. The third kappa shape index (κ3) is 13.7. The molecular formula is C54H74N2NiO2. The first kappa shape index (κ1) is 48.0.